The molecule has 3 rings (SSSR count). The zero-order valence-electron chi connectivity index (χ0n) is 11.1. The SMILES string of the molecule is O=c1c2c(c(Br)cn1-c1ccc(OC(F)(F)F)cc1)CCN2. The molecule has 0 aliphatic carbocycles. The Balaban J connectivity index is 1.99. The third-order valence-corrected chi connectivity index (χ3v) is 3.97. The number of anilines is 1. The molecule has 0 fully saturated rings. The molecule has 2 aromatic rings. The van der Waals surface area contributed by atoms with Crippen molar-refractivity contribution in [1.29, 1.82) is 0 Å². The summed E-state index contributed by atoms with van der Waals surface area (Å²) in [5.74, 6) is -0.331. The van der Waals surface area contributed by atoms with E-state index in [1.54, 1.807) is 6.20 Å². The number of fused-ring (bicyclic) bond motifs is 1. The summed E-state index contributed by atoms with van der Waals surface area (Å²) < 4.78 is 42.4. The van der Waals surface area contributed by atoms with Crippen LogP contribution in [0.4, 0.5) is 18.9 Å². The molecule has 1 N–H and O–H groups in total. The highest BCUT2D eigenvalue weighted by Gasteiger charge is 2.31. The molecule has 4 nitrogen and oxygen atoms in total. The Labute approximate surface area is 131 Å². The van der Waals surface area contributed by atoms with Crippen LogP contribution < -0.4 is 15.6 Å². The average Bonchev–Trinajstić information content (AvgIpc) is 2.92. The highest BCUT2D eigenvalue weighted by Crippen LogP contribution is 2.28. The summed E-state index contributed by atoms with van der Waals surface area (Å²) >= 11 is 3.41. The fourth-order valence-corrected chi connectivity index (χ4v) is 2.96. The van der Waals surface area contributed by atoms with Crippen molar-refractivity contribution in [3.8, 4) is 11.4 Å². The minimum atomic E-state index is -4.74. The van der Waals surface area contributed by atoms with Crippen molar-refractivity contribution < 1.29 is 17.9 Å². The molecule has 0 saturated heterocycles. The molecule has 1 aliphatic rings. The monoisotopic (exact) mass is 374 g/mol. The molecule has 116 valence electrons. The van der Waals surface area contributed by atoms with Crippen molar-refractivity contribution in [3.05, 3.63) is 50.9 Å². The van der Waals surface area contributed by atoms with E-state index >= 15 is 0 Å². The third-order valence-electron chi connectivity index (χ3n) is 3.29. The van der Waals surface area contributed by atoms with Gasteiger partial charge >= 0.3 is 6.36 Å². The molecule has 1 aromatic heterocycles. The van der Waals surface area contributed by atoms with Gasteiger partial charge in [-0.25, -0.2) is 0 Å². The van der Waals surface area contributed by atoms with E-state index in [-0.39, 0.29) is 11.3 Å². The maximum atomic E-state index is 12.4. The van der Waals surface area contributed by atoms with Gasteiger partial charge in [-0.1, -0.05) is 0 Å². The predicted molar refractivity (Wildman–Crippen MR) is 78.6 cm³/mol. The van der Waals surface area contributed by atoms with E-state index in [0.717, 1.165) is 16.5 Å². The lowest BCUT2D eigenvalue weighted by atomic mass is 10.2. The summed E-state index contributed by atoms with van der Waals surface area (Å²) in [6.45, 7) is 0.686. The second kappa shape index (κ2) is 5.35. The van der Waals surface area contributed by atoms with Crippen LogP contribution in [-0.2, 0) is 6.42 Å². The van der Waals surface area contributed by atoms with Gasteiger partial charge in [0, 0.05) is 22.9 Å². The number of aromatic nitrogens is 1. The number of hydrogen-bond donors (Lipinski definition) is 1. The Morgan fingerprint density at radius 2 is 1.91 bits per heavy atom. The Hall–Kier alpha value is -1.96. The van der Waals surface area contributed by atoms with Crippen molar-refractivity contribution in [1.82, 2.24) is 4.57 Å². The van der Waals surface area contributed by atoms with Gasteiger partial charge in [0.2, 0.25) is 0 Å². The third kappa shape index (κ3) is 2.83. The molecule has 0 saturated carbocycles. The molecule has 0 radical (unpaired) electrons. The fourth-order valence-electron chi connectivity index (χ4n) is 2.36. The molecular weight excluding hydrogens is 365 g/mol. The first-order valence-electron chi connectivity index (χ1n) is 6.39. The molecule has 1 aromatic carbocycles. The molecule has 0 bridgehead atoms. The van der Waals surface area contributed by atoms with E-state index < -0.39 is 6.36 Å². The Bertz CT molecular complexity index is 769. The first kappa shape index (κ1) is 15.0. The van der Waals surface area contributed by atoms with Gasteiger partial charge in [-0.2, -0.15) is 0 Å². The number of benzene rings is 1. The number of halogens is 4. The number of ether oxygens (including phenoxy) is 1. The van der Waals surface area contributed by atoms with Gasteiger partial charge in [-0.15, -0.1) is 13.2 Å². The van der Waals surface area contributed by atoms with E-state index in [4.69, 9.17) is 0 Å². The zero-order chi connectivity index (χ0) is 15.9. The van der Waals surface area contributed by atoms with E-state index in [9.17, 15) is 18.0 Å². The molecule has 2 heterocycles. The van der Waals surface area contributed by atoms with Crippen LogP contribution in [0.15, 0.2) is 39.7 Å². The van der Waals surface area contributed by atoms with Crippen molar-refractivity contribution in [2.45, 2.75) is 12.8 Å². The molecule has 0 unspecified atom stereocenters. The van der Waals surface area contributed by atoms with Gasteiger partial charge in [-0.05, 0) is 52.2 Å². The number of rotatable bonds is 2. The lowest BCUT2D eigenvalue weighted by molar-refractivity contribution is -0.274. The molecule has 0 spiro atoms. The highest BCUT2D eigenvalue weighted by molar-refractivity contribution is 9.10. The average molecular weight is 375 g/mol. The second-order valence-corrected chi connectivity index (χ2v) is 5.58. The first-order valence-corrected chi connectivity index (χ1v) is 7.18. The van der Waals surface area contributed by atoms with Gasteiger partial charge in [0.05, 0.1) is 0 Å². The summed E-state index contributed by atoms with van der Waals surface area (Å²) in [7, 11) is 0. The second-order valence-electron chi connectivity index (χ2n) is 4.72. The van der Waals surface area contributed by atoms with Crippen molar-refractivity contribution in [3.63, 3.8) is 0 Å². The van der Waals surface area contributed by atoms with E-state index in [1.165, 1.54) is 28.8 Å². The highest BCUT2D eigenvalue weighted by atomic mass is 79.9. The number of hydrogen-bond acceptors (Lipinski definition) is 3. The lowest BCUT2D eigenvalue weighted by Gasteiger charge is -2.12. The van der Waals surface area contributed by atoms with Crippen molar-refractivity contribution in [2.75, 3.05) is 11.9 Å². The molecule has 1 aliphatic heterocycles. The van der Waals surface area contributed by atoms with Crippen LogP contribution in [0.25, 0.3) is 5.69 Å². The summed E-state index contributed by atoms with van der Waals surface area (Å²) in [6, 6.07) is 5.14. The van der Waals surface area contributed by atoms with Crippen LogP contribution in [0.5, 0.6) is 5.75 Å². The minimum Gasteiger partial charge on any atom is -0.406 e. The van der Waals surface area contributed by atoms with Crippen LogP contribution in [0, 0.1) is 0 Å². The van der Waals surface area contributed by atoms with Crippen LogP contribution in [0.3, 0.4) is 0 Å². The summed E-state index contributed by atoms with van der Waals surface area (Å²) in [4.78, 5) is 12.4. The molecule has 0 atom stereocenters. The quantitative estimate of drug-likeness (QED) is 0.875. The normalized spacial score (nSPS) is 13.6. The number of nitrogens with one attached hydrogen (secondary N) is 1. The van der Waals surface area contributed by atoms with E-state index in [1.807, 2.05) is 0 Å². The van der Waals surface area contributed by atoms with Gasteiger partial charge < -0.3 is 10.1 Å². The number of alkyl halides is 3. The summed E-state index contributed by atoms with van der Waals surface area (Å²) in [5.41, 5.74) is 1.65. The summed E-state index contributed by atoms with van der Waals surface area (Å²) in [5, 5.41) is 3.03. The van der Waals surface area contributed by atoms with Gasteiger partial charge in [0.25, 0.3) is 5.56 Å². The van der Waals surface area contributed by atoms with Gasteiger partial charge in [-0.3, -0.25) is 9.36 Å². The van der Waals surface area contributed by atoms with E-state index in [2.05, 4.69) is 26.0 Å². The van der Waals surface area contributed by atoms with Crippen molar-refractivity contribution in [2.24, 2.45) is 0 Å². The standard InChI is InChI=1S/C14H10BrF3N2O2/c15-11-7-20(13(21)12-10(11)5-6-19-12)8-1-3-9(4-2-8)22-14(16,17)18/h1-4,7,19H,5-6H2. The predicted octanol–water partition coefficient (Wildman–Crippen LogP) is 3.47. The molecule has 0 amide bonds. The van der Waals surface area contributed by atoms with Gasteiger partial charge in [0.1, 0.15) is 11.4 Å². The van der Waals surface area contributed by atoms with Crippen LogP contribution in [-0.4, -0.2) is 17.5 Å². The number of nitrogens with zero attached hydrogens (tertiary/aromatic N) is 1. The number of pyridine rings is 1. The van der Waals surface area contributed by atoms with Crippen LogP contribution in [0.1, 0.15) is 5.56 Å². The molecular formula is C14H10BrF3N2O2. The van der Waals surface area contributed by atoms with Crippen molar-refractivity contribution >= 4 is 21.6 Å². The minimum absolute atomic E-state index is 0.236. The summed E-state index contributed by atoms with van der Waals surface area (Å²) in [6.07, 6.45) is -2.36. The van der Waals surface area contributed by atoms with Crippen LogP contribution >= 0.6 is 15.9 Å². The maximum Gasteiger partial charge on any atom is 0.573 e. The smallest absolute Gasteiger partial charge is 0.406 e. The molecule has 8 heteroatoms. The Morgan fingerprint density at radius 3 is 2.55 bits per heavy atom. The molecule has 22 heavy (non-hydrogen) atoms. The maximum absolute atomic E-state index is 12.4. The topological polar surface area (TPSA) is 43.3 Å². The van der Waals surface area contributed by atoms with E-state index in [0.29, 0.717) is 17.9 Å². The van der Waals surface area contributed by atoms with Crippen LogP contribution in [0.2, 0.25) is 0 Å². The van der Waals surface area contributed by atoms with Gasteiger partial charge in [0.15, 0.2) is 0 Å². The Morgan fingerprint density at radius 1 is 1.23 bits per heavy atom. The Kier molecular flexibility index (Phi) is 3.64. The fraction of sp³-hybridized carbons (Fsp3) is 0.214. The lowest BCUT2D eigenvalue weighted by Crippen LogP contribution is -2.21. The largest absolute Gasteiger partial charge is 0.573 e. The first-order chi connectivity index (χ1) is 10.3. The zero-order valence-corrected chi connectivity index (χ0v) is 12.7.